The maximum absolute atomic E-state index is 12.9. The van der Waals surface area contributed by atoms with E-state index in [1.54, 1.807) is 29.7 Å². The fourth-order valence-corrected chi connectivity index (χ4v) is 8.17. The average Bonchev–Trinajstić information content (AvgIpc) is 3.69. The van der Waals surface area contributed by atoms with Gasteiger partial charge in [0.2, 0.25) is 12.2 Å². The summed E-state index contributed by atoms with van der Waals surface area (Å²) < 4.78 is 28.5. The SMILES string of the molecule is COCC1COC2C(c3cccc4c3Cc3c(Cl)cccc3CS4)[C@]23Nn2ccc(=O)c(OCOC(=O)OC)c2C(O)N13. The lowest BCUT2D eigenvalue weighted by atomic mass is 9.93. The van der Waals surface area contributed by atoms with E-state index >= 15 is 0 Å². The summed E-state index contributed by atoms with van der Waals surface area (Å²) in [6.07, 6.45) is -0.293. The number of aliphatic hydroxyl groups is 1. The first-order chi connectivity index (χ1) is 20.9. The predicted molar refractivity (Wildman–Crippen MR) is 157 cm³/mol. The molecule has 2 N–H and O–H groups in total. The van der Waals surface area contributed by atoms with E-state index in [1.165, 1.54) is 29.2 Å². The molecule has 1 saturated heterocycles. The van der Waals surface area contributed by atoms with Gasteiger partial charge in [-0.3, -0.25) is 9.47 Å². The number of hydrogen-bond donors (Lipinski definition) is 2. The number of nitrogens with one attached hydrogen (secondary N) is 1. The molecule has 4 heterocycles. The zero-order valence-electron chi connectivity index (χ0n) is 23.4. The summed E-state index contributed by atoms with van der Waals surface area (Å²) in [5.74, 6) is 0.515. The Bertz CT molecular complexity index is 1650. The highest BCUT2D eigenvalue weighted by Crippen LogP contribution is 2.63. The zero-order valence-corrected chi connectivity index (χ0v) is 25.0. The summed E-state index contributed by atoms with van der Waals surface area (Å²) in [6.45, 7) is 0.0293. The maximum Gasteiger partial charge on any atom is 0.510 e. The first kappa shape index (κ1) is 28.5. The number of hydrogen-bond acceptors (Lipinski definition) is 11. The topological polar surface area (TPSA) is 121 Å². The molecule has 5 atom stereocenters. The van der Waals surface area contributed by atoms with Gasteiger partial charge in [-0.05, 0) is 34.4 Å². The molecule has 0 radical (unpaired) electrons. The molecule has 4 unspecified atom stereocenters. The third-order valence-corrected chi connectivity index (χ3v) is 10.2. The number of aliphatic hydroxyl groups excluding tert-OH is 1. The Kier molecular flexibility index (Phi) is 7.31. The molecule has 43 heavy (non-hydrogen) atoms. The Balaban J connectivity index is 1.31. The van der Waals surface area contributed by atoms with Crippen molar-refractivity contribution in [2.45, 2.75) is 47.0 Å². The molecular formula is C30H30ClN3O8S. The number of aromatic nitrogens is 1. The molecule has 1 aliphatic carbocycles. The minimum Gasteiger partial charge on any atom is -0.451 e. The number of ether oxygens (including phenoxy) is 5. The first-order valence-electron chi connectivity index (χ1n) is 13.8. The van der Waals surface area contributed by atoms with E-state index in [-0.39, 0.29) is 36.1 Å². The van der Waals surface area contributed by atoms with E-state index < -0.39 is 30.3 Å². The highest BCUT2D eigenvalue weighted by atomic mass is 35.5. The van der Waals surface area contributed by atoms with E-state index in [2.05, 4.69) is 34.4 Å². The van der Waals surface area contributed by atoms with Crippen LogP contribution >= 0.6 is 23.4 Å². The molecule has 3 aromatic rings. The number of carbonyl (C=O) groups is 1. The quantitative estimate of drug-likeness (QED) is 0.308. The normalized spacial score (nSPS) is 26.8. The average molecular weight is 628 g/mol. The Morgan fingerprint density at radius 2 is 2.05 bits per heavy atom. The van der Waals surface area contributed by atoms with Gasteiger partial charge in [-0.2, -0.15) is 0 Å². The summed E-state index contributed by atoms with van der Waals surface area (Å²) in [6, 6.07) is 13.4. The smallest absolute Gasteiger partial charge is 0.451 e. The fraction of sp³-hybridized carbons (Fsp3) is 0.400. The van der Waals surface area contributed by atoms with Crippen LogP contribution < -0.4 is 15.6 Å². The van der Waals surface area contributed by atoms with Gasteiger partial charge in [0.05, 0.1) is 32.3 Å². The highest BCUT2D eigenvalue weighted by molar-refractivity contribution is 7.98. The van der Waals surface area contributed by atoms with Gasteiger partial charge >= 0.3 is 6.16 Å². The molecule has 1 aromatic heterocycles. The summed E-state index contributed by atoms with van der Waals surface area (Å²) in [5, 5.41) is 12.7. The lowest BCUT2D eigenvalue weighted by Gasteiger charge is -2.49. The van der Waals surface area contributed by atoms with Crippen LogP contribution in [0, 0.1) is 0 Å². The number of fused-ring (bicyclic) bond motifs is 3. The van der Waals surface area contributed by atoms with E-state index in [4.69, 9.17) is 30.5 Å². The van der Waals surface area contributed by atoms with Gasteiger partial charge in [0.1, 0.15) is 17.5 Å². The number of morpholine rings is 1. The molecule has 13 heteroatoms. The lowest BCUT2D eigenvalue weighted by molar-refractivity contribution is -0.154. The van der Waals surface area contributed by atoms with Gasteiger partial charge in [0.15, 0.2) is 12.0 Å². The zero-order chi connectivity index (χ0) is 29.9. The number of nitrogens with zero attached hydrogens (tertiary/aromatic N) is 2. The standard InChI is InChI=1S/C30H30ClN3O8S/c1-38-12-17-13-40-27-24(18-6-4-8-23-20(18)11-19-16(14-43-23)5-3-7-21(19)31)30(27)32-33-10-9-22(35)26(25(33)28(36)34(17)30)41-15-42-29(37)39-2/h3-10,17,24,27-28,32,36H,11-15H2,1-2H3/t17?,24?,27?,28?,30-/m1/s1. The summed E-state index contributed by atoms with van der Waals surface area (Å²) in [5.41, 5.74) is 7.06. The molecule has 1 spiro atoms. The lowest BCUT2D eigenvalue weighted by Crippen LogP contribution is -2.64. The molecule has 3 aliphatic heterocycles. The van der Waals surface area contributed by atoms with Gasteiger partial charge in [0, 0.05) is 41.5 Å². The van der Waals surface area contributed by atoms with Gasteiger partial charge in [0.25, 0.3) is 0 Å². The second-order valence-corrected chi connectivity index (χ2v) is 12.3. The van der Waals surface area contributed by atoms with Crippen molar-refractivity contribution in [3.8, 4) is 5.75 Å². The van der Waals surface area contributed by atoms with E-state index in [0.29, 0.717) is 13.0 Å². The summed E-state index contributed by atoms with van der Waals surface area (Å²) in [7, 11) is 2.77. The maximum atomic E-state index is 12.9. The molecular weight excluding hydrogens is 598 g/mol. The number of rotatable bonds is 6. The highest BCUT2D eigenvalue weighted by Gasteiger charge is 2.76. The number of carbonyl (C=O) groups excluding carboxylic acids is 1. The van der Waals surface area contributed by atoms with E-state index in [0.717, 1.165) is 21.9 Å². The van der Waals surface area contributed by atoms with Crippen molar-refractivity contribution >= 4 is 29.5 Å². The van der Waals surface area contributed by atoms with Gasteiger partial charge in [-0.1, -0.05) is 35.9 Å². The van der Waals surface area contributed by atoms with Crippen LogP contribution in [0.3, 0.4) is 0 Å². The number of pyridine rings is 1. The molecule has 1 saturated carbocycles. The molecule has 4 aliphatic rings. The minimum absolute atomic E-state index is 0.145. The molecule has 0 amide bonds. The van der Waals surface area contributed by atoms with Gasteiger partial charge < -0.3 is 34.2 Å². The van der Waals surface area contributed by atoms with Gasteiger partial charge in [-0.15, -0.1) is 11.8 Å². The van der Waals surface area contributed by atoms with Crippen LogP contribution in [0.5, 0.6) is 5.75 Å². The van der Waals surface area contributed by atoms with Crippen LogP contribution in [0.25, 0.3) is 0 Å². The van der Waals surface area contributed by atoms with Crippen molar-refractivity contribution in [3.63, 3.8) is 0 Å². The minimum atomic E-state index is -1.27. The predicted octanol–water partition coefficient (Wildman–Crippen LogP) is 3.58. The number of halogens is 1. The molecule has 0 bridgehead atoms. The Labute approximate surface area is 256 Å². The Morgan fingerprint density at radius 3 is 2.86 bits per heavy atom. The van der Waals surface area contributed by atoms with Crippen molar-refractivity contribution in [2.75, 3.05) is 39.7 Å². The van der Waals surface area contributed by atoms with Crippen LogP contribution in [0.1, 0.15) is 40.1 Å². The number of methoxy groups -OCH3 is 2. The second-order valence-electron chi connectivity index (χ2n) is 10.9. The van der Waals surface area contributed by atoms with Crippen molar-refractivity contribution in [2.24, 2.45) is 0 Å². The van der Waals surface area contributed by atoms with Crippen molar-refractivity contribution in [1.82, 2.24) is 9.58 Å². The van der Waals surface area contributed by atoms with E-state index in [1.807, 2.05) is 17.0 Å². The third kappa shape index (κ3) is 4.50. The number of thioether (sulfide) groups is 1. The first-order valence-corrected chi connectivity index (χ1v) is 15.2. The Hall–Kier alpha value is -3.26. The van der Waals surface area contributed by atoms with Crippen LogP contribution in [-0.2, 0) is 31.1 Å². The van der Waals surface area contributed by atoms with Crippen LogP contribution in [0.15, 0.2) is 58.4 Å². The van der Waals surface area contributed by atoms with Crippen LogP contribution in [0.2, 0.25) is 5.02 Å². The summed E-state index contributed by atoms with van der Waals surface area (Å²) in [4.78, 5) is 27.5. The molecule has 226 valence electrons. The van der Waals surface area contributed by atoms with Crippen LogP contribution in [0.4, 0.5) is 4.79 Å². The second kappa shape index (κ2) is 11.0. The van der Waals surface area contributed by atoms with Crippen molar-refractivity contribution < 1.29 is 33.6 Å². The molecule has 7 rings (SSSR count). The monoisotopic (exact) mass is 627 g/mol. The van der Waals surface area contributed by atoms with Crippen molar-refractivity contribution in [3.05, 3.63) is 91.9 Å². The summed E-state index contributed by atoms with van der Waals surface area (Å²) >= 11 is 8.49. The van der Waals surface area contributed by atoms with Gasteiger partial charge in [-0.25, -0.2) is 9.69 Å². The fourth-order valence-electron chi connectivity index (χ4n) is 6.79. The van der Waals surface area contributed by atoms with Crippen LogP contribution in [-0.4, -0.2) is 72.9 Å². The largest absolute Gasteiger partial charge is 0.510 e. The third-order valence-electron chi connectivity index (χ3n) is 8.65. The number of benzene rings is 2. The molecule has 2 aromatic carbocycles. The van der Waals surface area contributed by atoms with Crippen molar-refractivity contribution in [1.29, 1.82) is 0 Å². The van der Waals surface area contributed by atoms with E-state index in [9.17, 15) is 14.7 Å². The molecule has 2 fully saturated rings. The Morgan fingerprint density at radius 1 is 1.21 bits per heavy atom. The molecule has 11 nitrogen and oxygen atoms in total.